The van der Waals surface area contributed by atoms with Gasteiger partial charge in [-0.1, -0.05) is 11.2 Å². The first kappa shape index (κ1) is 21.5. The summed E-state index contributed by atoms with van der Waals surface area (Å²) >= 11 is 0. The van der Waals surface area contributed by atoms with E-state index in [1.165, 1.54) is 30.7 Å². The number of amides is 2. The molecule has 0 aliphatic heterocycles. The highest BCUT2D eigenvalue weighted by molar-refractivity contribution is 7.92. The fourth-order valence-corrected chi connectivity index (χ4v) is 5.45. The summed E-state index contributed by atoms with van der Waals surface area (Å²) in [6.07, 6.45) is 3.64. The molecule has 0 unspecified atom stereocenters. The van der Waals surface area contributed by atoms with Gasteiger partial charge in [-0.05, 0) is 49.2 Å². The van der Waals surface area contributed by atoms with E-state index in [0.717, 1.165) is 0 Å². The Labute approximate surface area is 194 Å². The number of nitrogens with two attached hydrogens (primary N) is 1. The van der Waals surface area contributed by atoms with Gasteiger partial charge in [-0.25, -0.2) is 28.2 Å². The van der Waals surface area contributed by atoms with Crippen molar-refractivity contribution in [3.8, 4) is 11.4 Å². The van der Waals surface area contributed by atoms with Crippen molar-refractivity contribution in [2.45, 2.75) is 22.6 Å². The van der Waals surface area contributed by atoms with E-state index in [1.807, 2.05) is 0 Å². The van der Waals surface area contributed by atoms with Crippen LogP contribution in [0.2, 0.25) is 0 Å². The van der Waals surface area contributed by atoms with Crippen molar-refractivity contribution in [3.63, 3.8) is 0 Å². The van der Waals surface area contributed by atoms with Crippen molar-refractivity contribution >= 4 is 33.2 Å². The largest absolute Gasteiger partial charge is 0.384 e. The van der Waals surface area contributed by atoms with Crippen LogP contribution in [0.25, 0.3) is 11.4 Å². The van der Waals surface area contributed by atoms with E-state index in [9.17, 15) is 13.2 Å². The number of benzene rings is 1. The van der Waals surface area contributed by atoms with Crippen LogP contribution in [0.3, 0.4) is 0 Å². The molecule has 34 heavy (non-hydrogen) atoms. The van der Waals surface area contributed by atoms with E-state index < -0.39 is 20.6 Å². The number of hydrogen-bond donors (Lipinski definition) is 3. The number of nitrogens with zero attached hydrogens (tertiary/aromatic N) is 4. The van der Waals surface area contributed by atoms with Gasteiger partial charge in [0, 0.05) is 29.6 Å². The molecule has 2 amide bonds. The normalized spacial score (nSPS) is 14.4. The second-order valence-corrected chi connectivity index (χ2v) is 9.92. The van der Waals surface area contributed by atoms with Crippen molar-refractivity contribution < 1.29 is 17.7 Å². The predicted molar refractivity (Wildman–Crippen MR) is 123 cm³/mol. The summed E-state index contributed by atoms with van der Waals surface area (Å²) in [4.78, 5) is 24.9. The minimum absolute atomic E-state index is 0.00515. The molecule has 0 radical (unpaired) electrons. The van der Waals surface area contributed by atoms with E-state index in [2.05, 4.69) is 35.3 Å². The third kappa shape index (κ3) is 3.94. The van der Waals surface area contributed by atoms with Gasteiger partial charge in [-0.15, -0.1) is 0 Å². The summed E-state index contributed by atoms with van der Waals surface area (Å²) < 4.78 is 30.1. The molecule has 3 aromatic heterocycles. The summed E-state index contributed by atoms with van der Waals surface area (Å²) in [5.74, 6) is 0.734. The van der Waals surface area contributed by atoms with E-state index in [-0.39, 0.29) is 22.5 Å². The van der Waals surface area contributed by atoms with E-state index in [0.29, 0.717) is 29.8 Å². The minimum Gasteiger partial charge on any atom is -0.384 e. The molecule has 0 bridgehead atoms. The number of carbonyl (C=O) groups is 1. The highest BCUT2D eigenvalue weighted by Crippen LogP contribution is 2.54. The van der Waals surface area contributed by atoms with Crippen LogP contribution in [0.5, 0.6) is 0 Å². The lowest BCUT2D eigenvalue weighted by Crippen LogP contribution is -2.24. The number of hydrogen-bond acceptors (Lipinski definition) is 9. The fraction of sp³-hybridized carbons (Fsp3) is 0.136. The lowest BCUT2D eigenvalue weighted by Gasteiger charge is -2.16. The molecule has 172 valence electrons. The molecule has 0 spiro atoms. The summed E-state index contributed by atoms with van der Waals surface area (Å²) in [5.41, 5.74) is 7.50. The Morgan fingerprint density at radius 2 is 1.82 bits per heavy atom. The van der Waals surface area contributed by atoms with Crippen molar-refractivity contribution in [2.75, 3.05) is 16.4 Å². The first-order valence-electron chi connectivity index (χ1n) is 10.3. The van der Waals surface area contributed by atoms with Crippen LogP contribution in [-0.4, -0.2) is 34.6 Å². The zero-order valence-corrected chi connectivity index (χ0v) is 18.5. The zero-order valence-electron chi connectivity index (χ0n) is 17.7. The molecule has 3 heterocycles. The van der Waals surface area contributed by atoms with Crippen molar-refractivity contribution in [2.24, 2.45) is 0 Å². The lowest BCUT2D eigenvalue weighted by atomic mass is 10.1. The second kappa shape index (κ2) is 8.23. The number of anilines is 3. The van der Waals surface area contributed by atoms with Gasteiger partial charge in [0.1, 0.15) is 16.8 Å². The number of aromatic nitrogens is 4. The van der Waals surface area contributed by atoms with Crippen LogP contribution in [0.15, 0.2) is 76.6 Å². The minimum atomic E-state index is -3.76. The topological polar surface area (TPSA) is 166 Å². The molecular weight excluding hydrogens is 458 g/mol. The molecule has 4 aromatic rings. The zero-order chi connectivity index (χ0) is 23.8. The molecule has 5 rings (SSSR count). The lowest BCUT2D eigenvalue weighted by molar-refractivity contribution is 0.262. The maximum atomic E-state index is 13.3. The van der Waals surface area contributed by atoms with E-state index in [4.69, 9.17) is 5.73 Å². The van der Waals surface area contributed by atoms with E-state index >= 15 is 0 Å². The Balaban J connectivity index is 1.40. The van der Waals surface area contributed by atoms with Crippen LogP contribution >= 0.6 is 0 Å². The monoisotopic (exact) mass is 477 g/mol. The smallest absolute Gasteiger partial charge is 0.324 e. The molecule has 0 atom stereocenters. The van der Waals surface area contributed by atoms with Crippen LogP contribution in [0.4, 0.5) is 22.1 Å². The Bertz CT molecular complexity index is 1440. The summed E-state index contributed by atoms with van der Waals surface area (Å²) in [7, 11) is -3.76. The van der Waals surface area contributed by atoms with Gasteiger partial charge in [0.15, 0.2) is 16.7 Å². The first-order valence-corrected chi connectivity index (χ1v) is 11.8. The first-order chi connectivity index (χ1) is 16.4. The van der Waals surface area contributed by atoms with Crippen molar-refractivity contribution in [1.29, 1.82) is 0 Å². The third-order valence-electron chi connectivity index (χ3n) is 5.42. The number of urea groups is 1. The molecule has 12 heteroatoms. The number of pyridine rings is 1. The quantitative estimate of drug-likeness (QED) is 0.378. The van der Waals surface area contributed by atoms with E-state index in [1.54, 1.807) is 36.4 Å². The average molecular weight is 478 g/mol. The number of carbonyl (C=O) groups excluding carboxylic acids is 1. The Morgan fingerprint density at radius 3 is 2.47 bits per heavy atom. The maximum absolute atomic E-state index is 13.3. The molecule has 1 aliphatic rings. The second-order valence-electron chi connectivity index (χ2n) is 7.71. The van der Waals surface area contributed by atoms with Crippen molar-refractivity contribution in [3.05, 3.63) is 72.8 Å². The summed E-state index contributed by atoms with van der Waals surface area (Å²) in [5, 5.41) is 8.81. The van der Waals surface area contributed by atoms with Crippen LogP contribution in [0, 0.1) is 0 Å². The Morgan fingerprint density at radius 1 is 1.03 bits per heavy atom. The van der Waals surface area contributed by atoms with Gasteiger partial charge in [0.25, 0.3) is 0 Å². The SMILES string of the molecule is Nc1cc(C2(S(=O)(=O)c3ccccn3)CC2)nc(-c2ccc(NC(=O)Nc3ccon3)cc2)n1. The average Bonchev–Trinajstić information content (AvgIpc) is 3.51. The number of nitrogen functional groups attached to an aromatic ring is 1. The highest BCUT2D eigenvalue weighted by Gasteiger charge is 2.58. The van der Waals surface area contributed by atoms with Gasteiger partial charge >= 0.3 is 6.03 Å². The standard InChI is InChI=1S/C22H19N7O4S/c23-17-13-16(22(9-10-22)34(31,32)19-3-1-2-11-24-19)26-20(27-17)14-4-6-15(7-5-14)25-21(30)28-18-8-12-33-29-18/h1-8,11-13H,9-10H2,(H2,23,26,27)(H2,25,28,29,30). The van der Waals surface area contributed by atoms with Gasteiger partial charge in [0.05, 0.1) is 5.69 Å². The van der Waals surface area contributed by atoms with Crippen LogP contribution in [0.1, 0.15) is 18.5 Å². The molecule has 1 fully saturated rings. The molecule has 1 aliphatic carbocycles. The van der Waals surface area contributed by atoms with Crippen LogP contribution < -0.4 is 16.4 Å². The summed E-state index contributed by atoms with van der Waals surface area (Å²) in [6.45, 7) is 0. The van der Waals surface area contributed by atoms with Gasteiger partial charge in [0.2, 0.25) is 9.84 Å². The molecule has 11 nitrogen and oxygen atoms in total. The summed E-state index contributed by atoms with van der Waals surface area (Å²) in [6, 6.07) is 14.1. The van der Waals surface area contributed by atoms with Gasteiger partial charge in [-0.2, -0.15) is 0 Å². The molecule has 1 saturated carbocycles. The number of nitrogens with one attached hydrogen (secondary N) is 2. The molecule has 0 saturated heterocycles. The third-order valence-corrected chi connectivity index (χ3v) is 7.86. The molecule has 1 aromatic carbocycles. The van der Waals surface area contributed by atoms with Gasteiger partial charge in [-0.3, -0.25) is 5.32 Å². The number of rotatable bonds is 6. The highest BCUT2D eigenvalue weighted by atomic mass is 32.2. The maximum Gasteiger partial charge on any atom is 0.324 e. The van der Waals surface area contributed by atoms with Crippen molar-refractivity contribution in [1.82, 2.24) is 20.1 Å². The molecule has 4 N–H and O–H groups in total. The Kier molecular flexibility index (Phi) is 5.21. The Hall–Kier alpha value is -4.32. The van der Waals surface area contributed by atoms with Gasteiger partial charge < -0.3 is 15.6 Å². The van der Waals surface area contributed by atoms with Crippen LogP contribution in [-0.2, 0) is 14.6 Å². The predicted octanol–water partition coefficient (Wildman–Crippen LogP) is 3.22. The fourth-order valence-electron chi connectivity index (χ4n) is 3.57. The molecular formula is C22H19N7O4S. The number of sulfone groups is 1.